The third-order valence-electron chi connectivity index (χ3n) is 9.07. The van der Waals surface area contributed by atoms with Crippen LogP contribution in [0.2, 0.25) is 0 Å². The van der Waals surface area contributed by atoms with Crippen molar-refractivity contribution >= 4 is 11.6 Å². The number of ketones is 2. The van der Waals surface area contributed by atoms with Crippen LogP contribution in [-0.4, -0.2) is 11.6 Å². The summed E-state index contributed by atoms with van der Waals surface area (Å²) in [6, 6.07) is 0. The molecule has 0 amide bonds. The zero-order chi connectivity index (χ0) is 17.3. The number of rotatable bonds is 1. The van der Waals surface area contributed by atoms with Gasteiger partial charge in [-0.25, -0.2) is 0 Å². The smallest absolute Gasteiger partial charge is 0.137 e. The van der Waals surface area contributed by atoms with Gasteiger partial charge in [0.1, 0.15) is 11.6 Å². The van der Waals surface area contributed by atoms with Crippen LogP contribution in [0.3, 0.4) is 0 Å². The molecule has 2 nitrogen and oxygen atoms in total. The number of hydrogen-bond acceptors (Lipinski definition) is 2. The number of hydrogen-bond donors (Lipinski definition) is 0. The van der Waals surface area contributed by atoms with E-state index >= 15 is 0 Å². The highest BCUT2D eigenvalue weighted by Crippen LogP contribution is 2.67. The Morgan fingerprint density at radius 1 is 1.08 bits per heavy atom. The van der Waals surface area contributed by atoms with Crippen molar-refractivity contribution in [2.24, 2.45) is 46.3 Å². The van der Waals surface area contributed by atoms with Gasteiger partial charge in [0.2, 0.25) is 0 Å². The zero-order valence-corrected chi connectivity index (χ0v) is 15.9. The summed E-state index contributed by atoms with van der Waals surface area (Å²) in [6.45, 7) is 8.82. The summed E-state index contributed by atoms with van der Waals surface area (Å²) in [5.74, 6) is 3.68. The molecule has 0 bridgehead atoms. The fourth-order valence-electron chi connectivity index (χ4n) is 8.29. The molecular weight excluding hydrogens is 296 g/mol. The lowest BCUT2D eigenvalue weighted by Gasteiger charge is -2.59. The molecule has 0 aromatic carbocycles. The molecule has 134 valence electrons. The number of Topliss-reactive ketones (excluding diaryl/α,β-unsaturated/α-hetero) is 2. The average molecular weight is 331 g/mol. The predicted octanol–water partition coefficient (Wildman–Crippen LogP) is 5.05. The Morgan fingerprint density at radius 3 is 2.54 bits per heavy atom. The summed E-state index contributed by atoms with van der Waals surface area (Å²) in [5, 5.41) is 0. The van der Waals surface area contributed by atoms with Crippen LogP contribution in [0.1, 0.15) is 79.1 Å². The molecule has 0 aromatic rings. The van der Waals surface area contributed by atoms with E-state index in [0.717, 1.165) is 12.3 Å². The molecule has 0 aliphatic heterocycles. The molecule has 4 aliphatic rings. The molecule has 4 rings (SSSR count). The van der Waals surface area contributed by atoms with E-state index in [4.69, 9.17) is 0 Å². The van der Waals surface area contributed by atoms with Crippen molar-refractivity contribution in [2.75, 3.05) is 0 Å². The minimum atomic E-state index is -0.0681. The summed E-state index contributed by atoms with van der Waals surface area (Å²) in [7, 11) is 0. The first-order valence-corrected chi connectivity index (χ1v) is 10.3. The first kappa shape index (κ1) is 16.8. The molecule has 0 N–H and O–H groups in total. The average Bonchev–Trinajstić information content (AvgIpc) is 2.77. The van der Waals surface area contributed by atoms with Crippen molar-refractivity contribution in [3.63, 3.8) is 0 Å². The summed E-state index contributed by atoms with van der Waals surface area (Å²) in [6.07, 6.45) is 9.45. The van der Waals surface area contributed by atoms with Crippen molar-refractivity contribution < 1.29 is 9.59 Å². The van der Waals surface area contributed by atoms with Crippen LogP contribution in [0.5, 0.6) is 0 Å². The molecule has 4 saturated carbocycles. The van der Waals surface area contributed by atoms with Crippen LogP contribution < -0.4 is 0 Å². The van der Waals surface area contributed by atoms with E-state index in [0.29, 0.717) is 35.7 Å². The Bertz CT molecular complexity index is 566. The molecular formula is C22H34O2. The fraction of sp³-hybridized carbons (Fsp3) is 0.909. The fourth-order valence-corrected chi connectivity index (χ4v) is 8.29. The molecule has 0 radical (unpaired) electrons. The van der Waals surface area contributed by atoms with Crippen molar-refractivity contribution in [2.45, 2.75) is 79.1 Å². The van der Waals surface area contributed by atoms with Crippen LogP contribution in [0.15, 0.2) is 0 Å². The Labute approximate surface area is 147 Å². The zero-order valence-electron chi connectivity index (χ0n) is 15.9. The maximum atomic E-state index is 13.4. The lowest BCUT2D eigenvalue weighted by molar-refractivity contribution is -0.160. The Hall–Kier alpha value is -0.660. The summed E-state index contributed by atoms with van der Waals surface area (Å²) in [4.78, 5) is 25.7. The maximum Gasteiger partial charge on any atom is 0.137 e. The molecule has 4 fully saturated rings. The van der Waals surface area contributed by atoms with E-state index in [2.05, 4.69) is 20.8 Å². The van der Waals surface area contributed by atoms with Crippen molar-refractivity contribution in [3.8, 4) is 0 Å². The molecule has 4 aliphatic carbocycles. The summed E-state index contributed by atoms with van der Waals surface area (Å²) in [5.41, 5.74) is 0.176. The summed E-state index contributed by atoms with van der Waals surface area (Å²) < 4.78 is 0. The van der Waals surface area contributed by atoms with E-state index in [1.54, 1.807) is 6.92 Å². The van der Waals surface area contributed by atoms with Crippen LogP contribution in [0, 0.1) is 46.3 Å². The highest BCUT2D eigenvalue weighted by atomic mass is 16.1. The quantitative estimate of drug-likeness (QED) is 0.674. The van der Waals surface area contributed by atoms with E-state index < -0.39 is 0 Å². The van der Waals surface area contributed by atoms with Gasteiger partial charge in [-0.05, 0) is 73.5 Å². The highest BCUT2D eigenvalue weighted by molar-refractivity contribution is 5.87. The van der Waals surface area contributed by atoms with Crippen LogP contribution in [0.4, 0.5) is 0 Å². The third-order valence-corrected chi connectivity index (χ3v) is 9.07. The number of carbonyl (C=O) groups is 2. The minimum Gasteiger partial charge on any atom is -0.300 e. The molecule has 24 heavy (non-hydrogen) atoms. The van der Waals surface area contributed by atoms with Crippen molar-refractivity contribution in [3.05, 3.63) is 0 Å². The largest absolute Gasteiger partial charge is 0.300 e. The second-order valence-electron chi connectivity index (χ2n) is 10.2. The monoisotopic (exact) mass is 330 g/mol. The molecule has 2 heteroatoms. The molecule has 0 spiro atoms. The van der Waals surface area contributed by atoms with Gasteiger partial charge in [-0.3, -0.25) is 9.59 Å². The van der Waals surface area contributed by atoms with Crippen molar-refractivity contribution in [1.29, 1.82) is 0 Å². The first-order chi connectivity index (χ1) is 11.3. The molecule has 0 heterocycles. The van der Waals surface area contributed by atoms with Gasteiger partial charge < -0.3 is 0 Å². The van der Waals surface area contributed by atoms with Gasteiger partial charge in [0.25, 0.3) is 0 Å². The van der Waals surface area contributed by atoms with E-state index in [1.807, 2.05) is 0 Å². The topological polar surface area (TPSA) is 34.1 Å². The van der Waals surface area contributed by atoms with E-state index in [1.165, 1.54) is 38.5 Å². The van der Waals surface area contributed by atoms with Crippen molar-refractivity contribution in [1.82, 2.24) is 0 Å². The second-order valence-corrected chi connectivity index (χ2v) is 10.2. The molecule has 0 aromatic heterocycles. The van der Waals surface area contributed by atoms with Crippen LogP contribution in [-0.2, 0) is 9.59 Å². The molecule has 2 unspecified atom stereocenters. The lowest BCUT2D eigenvalue weighted by Crippen LogP contribution is -2.57. The maximum absolute atomic E-state index is 13.4. The Balaban J connectivity index is 1.74. The summed E-state index contributed by atoms with van der Waals surface area (Å²) >= 11 is 0. The van der Waals surface area contributed by atoms with Gasteiger partial charge in [0.05, 0.1) is 0 Å². The standard InChI is InChI=1S/C22H34O2/c1-13-11-17(14(2)23)22(4)12-18(24)20-16(19(13)22)9-8-15-7-5-6-10-21(15,20)3/h13,15-17,19-20H,5-12H2,1-4H3/t13?,15?,16-,17+,19-,20+,21-,22+/m0/s1. The predicted molar refractivity (Wildman–Crippen MR) is 95.5 cm³/mol. The number of carbonyl (C=O) groups excluding carboxylic acids is 2. The van der Waals surface area contributed by atoms with Gasteiger partial charge in [-0.2, -0.15) is 0 Å². The number of fused-ring (bicyclic) bond motifs is 5. The Kier molecular flexibility index (Phi) is 3.79. The SMILES string of the molecule is CC(=O)[C@H]1CC(C)[C@H]2[C@@H]3CCC4CCCC[C@]4(C)[C@H]3C(=O)C[C@]12C. The van der Waals surface area contributed by atoms with E-state index in [-0.39, 0.29) is 22.7 Å². The normalized spacial score (nSPS) is 53.9. The second kappa shape index (κ2) is 5.42. The molecule has 0 saturated heterocycles. The third kappa shape index (κ3) is 2.07. The lowest BCUT2D eigenvalue weighted by atomic mass is 9.44. The van der Waals surface area contributed by atoms with Crippen LogP contribution in [0.25, 0.3) is 0 Å². The van der Waals surface area contributed by atoms with Gasteiger partial charge in [-0.15, -0.1) is 0 Å². The van der Waals surface area contributed by atoms with Crippen LogP contribution >= 0.6 is 0 Å². The van der Waals surface area contributed by atoms with Gasteiger partial charge in [0, 0.05) is 18.3 Å². The molecule has 8 atom stereocenters. The Morgan fingerprint density at radius 2 is 1.83 bits per heavy atom. The van der Waals surface area contributed by atoms with Gasteiger partial charge in [-0.1, -0.05) is 33.6 Å². The highest BCUT2D eigenvalue weighted by Gasteiger charge is 2.64. The first-order valence-electron chi connectivity index (χ1n) is 10.3. The van der Waals surface area contributed by atoms with E-state index in [9.17, 15) is 9.59 Å². The van der Waals surface area contributed by atoms with Gasteiger partial charge >= 0.3 is 0 Å². The minimum absolute atomic E-state index is 0.0681. The van der Waals surface area contributed by atoms with Gasteiger partial charge in [0.15, 0.2) is 0 Å².